The average Bonchev–Trinajstić information content (AvgIpc) is 2.47. The number of rotatable bonds is 1. The van der Waals surface area contributed by atoms with Crippen molar-refractivity contribution in [3.63, 3.8) is 0 Å². The first-order valence-corrected chi connectivity index (χ1v) is 3.30. The van der Waals surface area contributed by atoms with Crippen molar-refractivity contribution in [2.24, 2.45) is 0 Å². The number of hydrogen-bond donors (Lipinski definition) is 0. The largest absolute Gasteiger partial charge is 1.00 e. The standard InChI is InChI=1S/C7H5N3O2.K/c11-7(12)6-9-8-5-3-1-2-4-10(5)6;/h1-4H,(H,11,12);/q;+1/p-1. The van der Waals surface area contributed by atoms with Crippen molar-refractivity contribution in [3.05, 3.63) is 30.2 Å². The predicted octanol–water partition coefficient (Wildman–Crippen LogP) is -3.90. The fourth-order valence-electron chi connectivity index (χ4n) is 0.981. The van der Waals surface area contributed by atoms with Crippen LogP contribution in [0.25, 0.3) is 5.65 Å². The summed E-state index contributed by atoms with van der Waals surface area (Å²) >= 11 is 0. The Hall–Kier alpha value is -0.274. The van der Waals surface area contributed by atoms with Crippen LogP contribution in [-0.2, 0) is 0 Å². The van der Waals surface area contributed by atoms with E-state index in [4.69, 9.17) is 0 Å². The molecule has 60 valence electrons. The molecule has 0 aliphatic carbocycles. The Bertz CT molecular complexity index is 440. The summed E-state index contributed by atoms with van der Waals surface area (Å²) in [6.07, 6.45) is 1.57. The molecule has 2 heterocycles. The quantitative estimate of drug-likeness (QED) is 0.442. The smallest absolute Gasteiger partial charge is 0.541 e. The molecular weight excluding hydrogens is 197 g/mol. The fourth-order valence-corrected chi connectivity index (χ4v) is 0.981. The number of carboxylic acid groups (broad SMARTS) is 1. The van der Waals surface area contributed by atoms with Gasteiger partial charge in [-0.1, -0.05) is 6.07 Å². The van der Waals surface area contributed by atoms with E-state index < -0.39 is 5.97 Å². The van der Waals surface area contributed by atoms with Crippen LogP contribution in [0, 0.1) is 0 Å². The Morgan fingerprint density at radius 2 is 2.15 bits per heavy atom. The summed E-state index contributed by atoms with van der Waals surface area (Å²) in [4.78, 5) is 10.4. The number of nitrogens with zero attached hydrogens (tertiary/aromatic N) is 3. The fraction of sp³-hybridized carbons (Fsp3) is 0. The number of aromatic carboxylic acids is 1. The Morgan fingerprint density at radius 3 is 2.85 bits per heavy atom. The van der Waals surface area contributed by atoms with Gasteiger partial charge in [-0.3, -0.25) is 4.40 Å². The number of hydrogen-bond acceptors (Lipinski definition) is 4. The van der Waals surface area contributed by atoms with Crippen LogP contribution in [0.1, 0.15) is 10.6 Å². The number of aromatic nitrogens is 3. The van der Waals surface area contributed by atoms with Gasteiger partial charge in [-0.05, 0) is 12.1 Å². The van der Waals surface area contributed by atoms with Gasteiger partial charge < -0.3 is 9.90 Å². The predicted molar refractivity (Wildman–Crippen MR) is 37.3 cm³/mol. The van der Waals surface area contributed by atoms with Crippen molar-refractivity contribution in [2.45, 2.75) is 0 Å². The van der Waals surface area contributed by atoms with Gasteiger partial charge in [-0.2, -0.15) is 0 Å². The summed E-state index contributed by atoms with van der Waals surface area (Å²) in [5, 5.41) is 17.5. The zero-order chi connectivity index (χ0) is 8.55. The Labute approximate surface area is 116 Å². The van der Waals surface area contributed by atoms with Crippen molar-refractivity contribution in [1.82, 2.24) is 14.6 Å². The maximum absolute atomic E-state index is 10.4. The van der Waals surface area contributed by atoms with Crippen molar-refractivity contribution >= 4 is 11.6 Å². The van der Waals surface area contributed by atoms with E-state index in [0.29, 0.717) is 5.65 Å². The van der Waals surface area contributed by atoms with Crippen LogP contribution >= 0.6 is 0 Å². The first-order chi connectivity index (χ1) is 5.79. The minimum atomic E-state index is -1.33. The molecule has 5 nitrogen and oxygen atoms in total. The minimum Gasteiger partial charge on any atom is -0.541 e. The first-order valence-electron chi connectivity index (χ1n) is 3.30. The maximum atomic E-state index is 10.4. The van der Waals surface area contributed by atoms with Crippen LogP contribution in [0.3, 0.4) is 0 Å². The molecule has 0 aliphatic rings. The van der Waals surface area contributed by atoms with Crippen LogP contribution in [0.5, 0.6) is 0 Å². The van der Waals surface area contributed by atoms with E-state index in [0.717, 1.165) is 0 Å². The van der Waals surface area contributed by atoms with E-state index in [9.17, 15) is 9.90 Å². The van der Waals surface area contributed by atoms with Gasteiger partial charge in [0.05, 0.1) is 0 Å². The van der Waals surface area contributed by atoms with Gasteiger partial charge in [0.25, 0.3) is 0 Å². The van der Waals surface area contributed by atoms with Crippen molar-refractivity contribution in [2.75, 3.05) is 0 Å². The third-order valence-electron chi connectivity index (χ3n) is 1.50. The maximum Gasteiger partial charge on any atom is 1.00 e. The van der Waals surface area contributed by atoms with E-state index in [2.05, 4.69) is 10.2 Å². The molecule has 0 aromatic carbocycles. The third kappa shape index (κ3) is 1.97. The van der Waals surface area contributed by atoms with Crippen molar-refractivity contribution in [3.8, 4) is 0 Å². The van der Waals surface area contributed by atoms with Gasteiger partial charge in [0, 0.05) is 6.20 Å². The Morgan fingerprint density at radius 1 is 1.38 bits per heavy atom. The number of fused-ring (bicyclic) bond motifs is 1. The summed E-state index contributed by atoms with van der Waals surface area (Å²) in [6.45, 7) is 0. The average molecular weight is 201 g/mol. The Kier molecular flexibility index (Phi) is 3.57. The topological polar surface area (TPSA) is 70.3 Å². The molecule has 0 saturated carbocycles. The summed E-state index contributed by atoms with van der Waals surface area (Å²) in [6, 6.07) is 5.12. The Balaban J connectivity index is 0.000000845. The molecule has 0 amide bonds. The van der Waals surface area contributed by atoms with Crippen LogP contribution in [0.4, 0.5) is 0 Å². The van der Waals surface area contributed by atoms with Crippen molar-refractivity contribution in [1.29, 1.82) is 0 Å². The van der Waals surface area contributed by atoms with Gasteiger partial charge in [-0.15, -0.1) is 10.2 Å². The third-order valence-corrected chi connectivity index (χ3v) is 1.50. The molecule has 0 bridgehead atoms. The van der Waals surface area contributed by atoms with E-state index in [1.165, 1.54) is 4.40 Å². The summed E-state index contributed by atoms with van der Waals surface area (Å²) in [7, 11) is 0. The molecule has 13 heavy (non-hydrogen) atoms. The van der Waals surface area contributed by atoms with Gasteiger partial charge in [0.1, 0.15) is 5.97 Å². The number of carbonyl (C=O) groups excluding carboxylic acids is 1. The van der Waals surface area contributed by atoms with Gasteiger partial charge in [0.2, 0.25) is 0 Å². The second-order valence-electron chi connectivity index (χ2n) is 2.24. The second kappa shape index (κ2) is 4.29. The summed E-state index contributed by atoms with van der Waals surface area (Å²) < 4.78 is 1.36. The molecule has 6 heteroatoms. The van der Waals surface area contributed by atoms with Gasteiger partial charge in [-0.25, -0.2) is 0 Å². The normalized spacial score (nSPS) is 9.54. The van der Waals surface area contributed by atoms with E-state index in [1.807, 2.05) is 0 Å². The number of carboxylic acids is 1. The number of pyridine rings is 1. The molecule has 2 aromatic rings. The second-order valence-corrected chi connectivity index (χ2v) is 2.24. The van der Waals surface area contributed by atoms with Crippen molar-refractivity contribution < 1.29 is 61.3 Å². The molecule has 2 rings (SSSR count). The van der Waals surface area contributed by atoms with Gasteiger partial charge >= 0.3 is 51.4 Å². The van der Waals surface area contributed by atoms with E-state index >= 15 is 0 Å². The van der Waals surface area contributed by atoms with E-state index in [-0.39, 0.29) is 57.2 Å². The van der Waals surface area contributed by atoms with Crippen LogP contribution < -0.4 is 56.5 Å². The molecule has 0 N–H and O–H groups in total. The molecule has 0 radical (unpaired) electrons. The van der Waals surface area contributed by atoms with Crippen LogP contribution in [-0.4, -0.2) is 20.6 Å². The monoisotopic (exact) mass is 201 g/mol. The molecule has 0 aliphatic heterocycles. The van der Waals surface area contributed by atoms with E-state index in [1.54, 1.807) is 24.4 Å². The zero-order valence-corrected chi connectivity index (χ0v) is 10.1. The summed E-state index contributed by atoms with van der Waals surface area (Å²) in [5.74, 6) is -1.50. The molecule has 2 aromatic heterocycles. The first kappa shape index (κ1) is 10.8. The molecular formula is C7H4KN3O2. The minimum absolute atomic E-state index is 0. The molecule has 0 unspecified atom stereocenters. The molecule has 0 fully saturated rings. The molecule has 0 saturated heterocycles. The van der Waals surface area contributed by atoms with Gasteiger partial charge in [0.15, 0.2) is 11.5 Å². The SMILES string of the molecule is O=C([O-])c1nnc2ccccn12.[K+]. The van der Waals surface area contributed by atoms with Crippen LogP contribution in [0.2, 0.25) is 0 Å². The summed E-state index contributed by atoms with van der Waals surface area (Å²) in [5.41, 5.74) is 0.497. The zero-order valence-electron chi connectivity index (χ0n) is 6.97. The number of carbonyl (C=O) groups is 1. The van der Waals surface area contributed by atoms with Crippen LogP contribution in [0.15, 0.2) is 24.4 Å². The molecule has 0 spiro atoms. The molecule has 0 atom stereocenters.